The smallest absolute Gasteiger partial charge is 0.335 e. The van der Waals surface area contributed by atoms with Gasteiger partial charge in [-0.15, -0.1) is 11.3 Å². The van der Waals surface area contributed by atoms with Crippen LogP contribution in [0.15, 0.2) is 24.0 Å². The summed E-state index contributed by atoms with van der Waals surface area (Å²) in [5, 5.41) is 15.1. The molecule has 3 heterocycles. The molecule has 0 bridgehead atoms. The number of carbonyl (C=O) groups excluding carboxylic acids is 1. The number of aromatic nitrogens is 2. The van der Waals surface area contributed by atoms with Crippen molar-refractivity contribution in [3.05, 3.63) is 40.0 Å². The molecule has 0 amide bonds. The van der Waals surface area contributed by atoms with Gasteiger partial charge in [0, 0.05) is 38.8 Å². The number of nitrogens with one attached hydrogen (secondary N) is 2. The predicted octanol–water partition coefficient (Wildman–Crippen LogP) is 1.39. The quantitative estimate of drug-likeness (QED) is 0.422. The van der Waals surface area contributed by atoms with Crippen LogP contribution in [0.1, 0.15) is 40.1 Å². The second kappa shape index (κ2) is 9.87. The molecule has 10 nitrogen and oxygen atoms in total. The predicted molar refractivity (Wildman–Crippen MR) is 120 cm³/mol. The molecule has 1 saturated carbocycles. The monoisotopic (exact) mass is 517 g/mol. The van der Waals surface area contributed by atoms with Gasteiger partial charge < -0.3 is 10.4 Å². The topological polar surface area (TPSA) is 134 Å². The molecule has 34 heavy (non-hydrogen) atoms. The van der Waals surface area contributed by atoms with Crippen LogP contribution in [0, 0.1) is 0 Å². The van der Waals surface area contributed by atoms with Crippen LogP contribution in [0.3, 0.4) is 0 Å². The maximum atomic E-state index is 13.4. The van der Waals surface area contributed by atoms with Crippen LogP contribution >= 0.6 is 11.3 Å². The molecule has 0 spiro atoms. The number of carbonyl (C=O) groups is 1. The van der Waals surface area contributed by atoms with Crippen molar-refractivity contribution in [3.63, 3.8) is 0 Å². The minimum atomic E-state index is -3.96. The summed E-state index contributed by atoms with van der Waals surface area (Å²) in [6.45, 7) is 0.354. The molecule has 2 fully saturated rings. The summed E-state index contributed by atoms with van der Waals surface area (Å²) in [6.07, 6.45) is 0.921. The Bertz CT molecular complexity index is 1150. The average molecular weight is 518 g/mol. The lowest BCUT2D eigenvalue weighted by Gasteiger charge is -2.16. The van der Waals surface area contributed by atoms with Crippen LogP contribution in [0.4, 0.5) is 14.6 Å². The maximum absolute atomic E-state index is 13.4. The first kappa shape index (κ1) is 25.0. The van der Waals surface area contributed by atoms with Gasteiger partial charge in [0.2, 0.25) is 5.78 Å². The van der Waals surface area contributed by atoms with E-state index in [0.717, 1.165) is 5.56 Å². The summed E-state index contributed by atoms with van der Waals surface area (Å²) in [4.78, 5) is 23.3. The first-order valence-electron chi connectivity index (χ1n) is 10.6. The van der Waals surface area contributed by atoms with Crippen molar-refractivity contribution in [3.8, 4) is 0 Å². The Morgan fingerprint density at radius 1 is 1.41 bits per heavy atom. The molecule has 3 N–H and O–H groups in total. The van der Waals surface area contributed by atoms with Gasteiger partial charge in [-0.25, -0.2) is 18.7 Å². The van der Waals surface area contributed by atoms with E-state index in [2.05, 4.69) is 15.3 Å². The molecule has 14 heteroatoms. The lowest BCUT2D eigenvalue weighted by atomic mass is 10.1. The van der Waals surface area contributed by atoms with Gasteiger partial charge in [-0.2, -0.15) is 13.1 Å². The fourth-order valence-electron chi connectivity index (χ4n) is 4.12. The Morgan fingerprint density at radius 3 is 2.91 bits per heavy atom. The molecule has 4 rings (SSSR count). The molecule has 0 radical (unpaired) electrons. The average Bonchev–Trinajstić information content (AvgIpc) is 3.47. The number of nitrogens with zero attached hydrogens (tertiary/aromatic N) is 3. The van der Waals surface area contributed by atoms with E-state index in [0.29, 0.717) is 18.0 Å². The minimum Gasteiger partial charge on any atom is -0.390 e. The zero-order valence-corrected chi connectivity index (χ0v) is 19.9. The second-order valence-electron chi connectivity index (χ2n) is 8.42. The van der Waals surface area contributed by atoms with Crippen molar-refractivity contribution in [1.29, 1.82) is 0 Å². The lowest BCUT2D eigenvalue weighted by molar-refractivity contribution is 0.0115. The van der Waals surface area contributed by atoms with Crippen LogP contribution < -0.4 is 10.0 Å². The van der Waals surface area contributed by atoms with Crippen LogP contribution in [0.5, 0.6) is 0 Å². The molecule has 0 unspecified atom stereocenters. The molecule has 2 aromatic rings. The maximum Gasteiger partial charge on any atom is 0.335 e. The number of halogens is 2. The highest BCUT2D eigenvalue weighted by atomic mass is 32.2. The summed E-state index contributed by atoms with van der Waals surface area (Å²) < 4.78 is 57.2. The van der Waals surface area contributed by atoms with Crippen molar-refractivity contribution in [1.82, 2.24) is 19.6 Å². The van der Waals surface area contributed by atoms with Crippen molar-refractivity contribution in [2.45, 2.75) is 50.0 Å². The summed E-state index contributed by atoms with van der Waals surface area (Å²) >= 11 is 1.22. The van der Waals surface area contributed by atoms with Gasteiger partial charge in [0.05, 0.1) is 23.1 Å². The molecule has 1 saturated heterocycles. The number of aliphatic hydroxyl groups excluding tert-OH is 1. The molecule has 2 aliphatic rings. The van der Waals surface area contributed by atoms with E-state index in [4.69, 9.17) is 4.18 Å². The van der Waals surface area contributed by atoms with Gasteiger partial charge >= 0.3 is 10.3 Å². The van der Waals surface area contributed by atoms with Gasteiger partial charge in [-0.05, 0) is 29.9 Å². The van der Waals surface area contributed by atoms with E-state index in [1.165, 1.54) is 30.9 Å². The third-order valence-corrected chi connectivity index (χ3v) is 7.78. The number of hydrogen-bond donors (Lipinski definition) is 3. The lowest BCUT2D eigenvalue weighted by Crippen LogP contribution is -2.31. The number of anilines is 1. The number of hydrogen-bond acceptors (Lipinski definition) is 10. The Hall–Kier alpha value is -2.10. The number of aliphatic hydroxyl groups is 1. The van der Waals surface area contributed by atoms with Crippen molar-refractivity contribution in [2.75, 3.05) is 25.5 Å². The van der Waals surface area contributed by atoms with E-state index in [1.807, 2.05) is 4.72 Å². The van der Waals surface area contributed by atoms with E-state index >= 15 is 0 Å². The molecule has 3 atom stereocenters. The van der Waals surface area contributed by atoms with E-state index < -0.39 is 28.4 Å². The summed E-state index contributed by atoms with van der Waals surface area (Å²) in [6, 6.07) is 1.30. The largest absolute Gasteiger partial charge is 0.390 e. The number of ketones is 1. The van der Waals surface area contributed by atoms with E-state index in [1.54, 1.807) is 16.3 Å². The van der Waals surface area contributed by atoms with Gasteiger partial charge in [-0.1, -0.05) is 0 Å². The Kier molecular flexibility index (Phi) is 7.26. The molecule has 0 aromatic carbocycles. The van der Waals surface area contributed by atoms with Gasteiger partial charge in [0.25, 0.3) is 5.92 Å². The summed E-state index contributed by atoms with van der Waals surface area (Å²) in [5.41, 5.74) is 0.993. The number of rotatable bonds is 9. The van der Waals surface area contributed by atoms with Gasteiger partial charge in [0.1, 0.15) is 18.2 Å². The highest BCUT2D eigenvalue weighted by Crippen LogP contribution is 2.30. The van der Waals surface area contributed by atoms with Crippen molar-refractivity contribution < 1.29 is 31.3 Å². The SMILES string of the molecule is CNS(=O)(=O)O[C@@H]1C[C@H](Nc2ncncc2C(=O)c2cc(CN3CCC(F)(F)C3)cs2)C[C@@H]1O. The first-order chi connectivity index (χ1) is 16.0. The third kappa shape index (κ3) is 5.93. The molecule has 186 valence electrons. The Labute approximate surface area is 199 Å². The number of thiophene rings is 1. The normalized spacial score (nSPS) is 25.0. The second-order valence-corrected chi connectivity index (χ2v) is 10.8. The van der Waals surface area contributed by atoms with E-state index in [-0.39, 0.29) is 49.0 Å². The fourth-order valence-corrected chi connectivity index (χ4v) is 5.61. The molecule has 2 aromatic heterocycles. The highest BCUT2D eigenvalue weighted by Gasteiger charge is 2.39. The minimum absolute atomic E-state index is 0.165. The zero-order chi connectivity index (χ0) is 24.5. The number of likely N-dealkylation sites (tertiary alicyclic amines) is 1. The third-order valence-electron chi connectivity index (χ3n) is 5.80. The van der Waals surface area contributed by atoms with Gasteiger partial charge in [-0.3, -0.25) is 13.9 Å². The molecule has 1 aliphatic carbocycles. The molecule has 1 aliphatic heterocycles. The van der Waals surface area contributed by atoms with Crippen LogP contribution in [-0.4, -0.2) is 78.5 Å². The molecular weight excluding hydrogens is 492 g/mol. The van der Waals surface area contributed by atoms with Crippen molar-refractivity contribution in [2.24, 2.45) is 0 Å². The zero-order valence-electron chi connectivity index (χ0n) is 18.3. The van der Waals surface area contributed by atoms with Crippen LogP contribution in [0.25, 0.3) is 0 Å². The highest BCUT2D eigenvalue weighted by molar-refractivity contribution is 7.84. The number of alkyl halides is 2. The van der Waals surface area contributed by atoms with E-state index in [9.17, 15) is 27.1 Å². The van der Waals surface area contributed by atoms with Crippen LogP contribution in [0.2, 0.25) is 0 Å². The summed E-state index contributed by atoms with van der Waals surface area (Å²) in [7, 11) is -2.75. The van der Waals surface area contributed by atoms with Gasteiger partial charge in [0.15, 0.2) is 0 Å². The fraction of sp³-hybridized carbons (Fsp3) is 0.550. The van der Waals surface area contributed by atoms with Crippen LogP contribution in [-0.2, 0) is 21.0 Å². The van der Waals surface area contributed by atoms with Crippen molar-refractivity contribution >= 4 is 33.2 Å². The first-order valence-corrected chi connectivity index (χ1v) is 12.9. The Morgan fingerprint density at radius 2 is 2.21 bits per heavy atom. The summed E-state index contributed by atoms with van der Waals surface area (Å²) in [5.74, 6) is -2.75. The standard InChI is InChI=1S/C20H25F2N5O5S2/c1-23-34(30,31)32-16-6-13(5-15(16)28)26-19-14(7-24-11-25-19)18(29)17-4-12(9-33-17)8-27-3-2-20(21,22)10-27/h4,7,9,11,13,15-16,23,28H,2-3,5-6,8,10H2,1H3,(H,24,25,26)/t13-,15+,16-/m1/s1. The Balaban J connectivity index is 1.43. The molecular formula is C20H25F2N5O5S2.